The van der Waals surface area contributed by atoms with E-state index in [1.807, 2.05) is 0 Å². The van der Waals surface area contributed by atoms with Crippen LogP contribution >= 0.6 is 47.8 Å². The molecule has 0 aliphatic heterocycles. The molecule has 190 valence electrons. The predicted molar refractivity (Wildman–Crippen MR) is 131 cm³/mol. The number of rotatable bonds is 8. The molecule has 2 aromatic rings. The van der Waals surface area contributed by atoms with Gasteiger partial charge in [0, 0.05) is 31.8 Å². The van der Waals surface area contributed by atoms with Crippen LogP contribution in [0.15, 0.2) is 55.9 Å². The van der Waals surface area contributed by atoms with Gasteiger partial charge < -0.3 is 5.32 Å². The van der Waals surface area contributed by atoms with Crippen LogP contribution in [0, 0.1) is 0 Å². The van der Waals surface area contributed by atoms with Gasteiger partial charge in [0.2, 0.25) is 5.91 Å². The summed E-state index contributed by atoms with van der Waals surface area (Å²) in [5.74, 6) is -3.31. The number of amides is 1. The van der Waals surface area contributed by atoms with Crippen LogP contribution in [0.2, 0.25) is 0 Å². The minimum Gasteiger partial charge on any atom is -0.345 e. The Bertz CT molecular complexity index is 1100. The zero-order valence-electron chi connectivity index (χ0n) is 17.9. The summed E-state index contributed by atoms with van der Waals surface area (Å²) in [6, 6.07) is 6.58. The highest BCUT2D eigenvalue weighted by Gasteiger charge is 2.39. The normalized spacial score (nSPS) is 14.1. The molecule has 0 bridgehead atoms. The van der Waals surface area contributed by atoms with E-state index in [0.717, 1.165) is 13.0 Å². The molecule has 0 aliphatic carbocycles. The fourth-order valence-electron chi connectivity index (χ4n) is 2.99. The van der Waals surface area contributed by atoms with Crippen molar-refractivity contribution in [3.63, 3.8) is 0 Å². The summed E-state index contributed by atoms with van der Waals surface area (Å²) >= 11 is 9.56. The van der Waals surface area contributed by atoms with Gasteiger partial charge in [-0.1, -0.05) is 66.0 Å². The molecule has 1 N–H and O–H groups in total. The van der Waals surface area contributed by atoms with E-state index >= 15 is 0 Å². The molecule has 0 heterocycles. The Morgan fingerprint density at radius 1 is 0.914 bits per heavy atom. The molecule has 0 fully saturated rings. The smallest absolute Gasteiger partial charge is 0.345 e. The fraction of sp³-hybridized carbons (Fsp3) is 0.304. The number of alkyl halides is 6. The topological polar surface area (TPSA) is 46.2 Å². The maximum Gasteiger partial charge on any atom is 0.408 e. The van der Waals surface area contributed by atoms with E-state index in [-0.39, 0.29) is 22.0 Å². The van der Waals surface area contributed by atoms with Gasteiger partial charge in [0.15, 0.2) is 5.78 Å². The van der Waals surface area contributed by atoms with E-state index in [2.05, 4.69) is 47.8 Å². The molecular weight excluding hydrogens is 676 g/mol. The molecule has 0 spiro atoms. The zero-order chi connectivity index (χ0) is 26.6. The van der Waals surface area contributed by atoms with Gasteiger partial charge >= 0.3 is 12.4 Å². The molecule has 12 heteroatoms. The summed E-state index contributed by atoms with van der Waals surface area (Å²) in [7, 11) is 0. The van der Waals surface area contributed by atoms with Gasteiger partial charge in [0.1, 0.15) is 6.04 Å². The van der Waals surface area contributed by atoms with Crippen LogP contribution < -0.4 is 5.32 Å². The first-order valence-electron chi connectivity index (χ1n) is 9.97. The Morgan fingerprint density at radius 2 is 1.51 bits per heavy atom. The van der Waals surface area contributed by atoms with Crippen molar-refractivity contribution in [3.8, 4) is 0 Å². The Hall–Kier alpha value is -1.66. The number of hydrogen-bond donors (Lipinski definition) is 1. The lowest BCUT2D eigenvalue weighted by Gasteiger charge is -2.18. The number of benzene rings is 2. The van der Waals surface area contributed by atoms with Gasteiger partial charge in [-0.3, -0.25) is 9.59 Å². The minimum atomic E-state index is -4.59. The molecule has 1 amide bonds. The van der Waals surface area contributed by atoms with Gasteiger partial charge in [-0.05, 0) is 48.4 Å². The van der Waals surface area contributed by atoms with Gasteiger partial charge in [-0.2, -0.15) is 26.3 Å². The molecule has 0 radical (unpaired) electrons. The Balaban J connectivity index is 2.13. The van der Waals surface area contributed by atoms with Crippen molar-refractivity contribution in [2.75, 3.05) is 0 Å². The number of carbonyl (C=O) groups excluding carboxylic acids is 2. The first-order valence-corrected chi connectivity index (χ1v) is 12.4. The molecular formula is C23H18Br3F6NO2. The second-order valence-electron chi connectivity index (χ2n) is 7.57. The van der Waals surface area contributed by atoms with Gasteiger partial charge in [-0.15, -0.1) is 0 Å². The molecule has 0 aromatic heterocycles. The highest BCUT2D eigenvalue weighted by molar-refractivity contribution is 9.11. The van der Waals surface area contributed by atoms with E-state index in [9.17, 15) is 35.9 Å². The fourth-order valence-corrected chi connectivity index (χ4v) is 4.94. The van der Waals surface area contributed by atoms with Crippen molar-refractivity contribution in [3.05, 3.63) is 72.6 Å². The van der Waals surface area contributed by atoms with Crippen LogP contribution in [0.1, 0.15) is 47.2 Å². The molecule has 0 saturated carbocycles. The van der Waals surface area contributed by atoms with E-state index in [4.69, 9.17) is 0 Å². The summed E-state index contributed by atoms with van der Waals surface area (Å²) in [5, 5.41) is 1.78. The second-order valence-corrected chi connectivity index (χ2v) is 10.3. The zero-order valence-corrected chi connectivity index (χ0v) is 22.7. The number of ketones is 1. The molecule has 35 heavy (non-hydrogen) atoms. The predicted octanol–water partition coefficient (Wildman–Crippen LogP) is 8.36. The lowest BCUT2D eigenvalue weighted by atomic mass is 9.97. The maximum atomic E-state index is 13.7. The van der Waals surface area contributed by atoms with Crippen molar-refractivity contribution in [1.82, 2.24) is 5.32 Å². The van der Waals surface area contributed by atoms with Crippen LogP contribution in [0.3, 0.4) is 0 Å². The van der Waals surface area contributed by atoms with Crippen LogP contribution in [-0.4, -0.2) is 30.1 Å². The third-order valence-corrected chi connectivity index (χ3v) is 6.39. The maximum absolute atomic E-state index is 13.7. The summed E-state index contributed by atoms with van der Waals surface area (Å²) in [6.45, 7) is 0.793. The first kappa shape index (κ1) is 29.6. The van der Waals surface area contributed by atoms with Gasteiger partial charge in [-0.25, -0.2) is 0 Å². The second kappa shape index (κ2) is 12.1. The average Bonchev–Trinajstić information content (AvgIpc) is 2.70. The number of nitrogens with one attached hydrogen (secondary N) is 1. The Labute approximate surface area is 222 Å². The van der Waals surface area contributed by atoms with Crippen molar-refractivity contribution < 1.29 is 35.9 Å². The van der Waals surface area contributed by atoms with Crippen molar-refractivity contribution in [1.29, 1.82) is 0 Å². The SMILES string of the molecule is CC(NC(=O)CCC(=O)c1ccc(/C=C/C(c2cc(Br)cc(Br)c2)C(F)(F)F)cc1Br)C(F)(F)F. The van der Waals surface area contributed by atoms with E-state index in [1.54, 1.807) is 11.4 Å². The molecule has 3 nitrogen and oxygen atoms in total. The molecule has 2 unspecified atom stereocenters. The Kier molecular flexibility index (Phi) is 10.2. The Morgan fingerprint density at radius 3 is 2.03 bits per heavy atom. The molecule has 2 atom stereocenters. The summed E-state index contributed by atoms with van der Waals surface area (Å²) < 4.78 is 79.8. The van der Waals surface area contributed by atoms with Crippen LogP contribution in [0.25, 0.3) is 6.08 Å². The van der Waals surface area contributed by atoms with Crippen molar-refractivity contribution >= 4 is 65.6 Å². The summed E-state index contributed by atoms with van der Waals surface area (Å²) in [6.07, 6.45) is -7.64. The van der Waals surface area contributed by atoms with E-state index < -0.39 is 42.4 Å². The van der Waals surface area contributed by atoms with Gasteiger partial charge in [0.25, 0.3) is 0 Å². The van der Waals surface area contributed by atoms with Crippen LogP contribution in [0.4, 0.5) is 26.3 Å². The van der Waals surface area contributed by atoms with Gasteiger partial charge in [0.05, 0.1) is 5.92 Å². The first-order chi connectivity index (χ1) is 16.1. The number of Topliss-reactive ketones (excluding diaryl/α,β-unsaturated/α-hetero) is 1. The number of carbonyl (C=O) groups is 2. The highest BCUT2D eigenvalue weighted by Crippen LogP contribution is 2.38. The molecule has 2 rings (SSSR count). The quantitative estimate of drug-likeness (QED) is 0.223. The number of halogens is 9. The summed E-state index contributed by atoms with van der Waals surface area (Å²) in [5.41, 5.74) is 0.564. The van der Waals surface area contributed by atoms with E-state index in [0.29, 0.717) is 14.5 Å². The third kappa shape index (κ3) is 9.05. The third-order valence-electron chi connectivity index (χ3n) is 4.82. The number of allylic oxidation sites excluding steroid dienone is 1. The minimum absolute atomic E-state index is 0.0268. The van der Waals surface area contributed by atoms with E-state index in [1.165, 1.54) is 36.4 Å². The van der Waals surface area contributed by atoms with Crippen LogP contribution in [0.5, 0.6) is 0 Å². The summed E-state index contributed by atoms with van der Waals surface area (Å²) in [4.78, 5) is 24.1. The largest absolute Gasteiger partial charge is 0.408 e. The lowest BCUT2D eigenvalue weighted by Crippen LogP contribution is -2.43. The highest BCUT2D eigenvalue weighted by atomic mass is 79.9. The lowest BCUT2D eigenvalue weighted by molar-refractivity contribution is -0.158. The van der Waals surface area contributed by atoms with Crippen molar-refractivity contribution in [2.45, 2.75) is 44.1 Å². The standard InChI is InChI=1S/C23H18Br3F6NO2/c1-12(22(27,28)29)33-21(35)7-6-20(34)17-4-2-13(8-19(17)26)3-5-18(23(30,31)32)14-9-15(24)11-16(25)10-14/h2-5,8-12,18H,6-7H2,1H3,(H,33,35)/b5-3+. The molecule has 0 saturated heterocycles. The molecule has 2 aromatic carbocycles. The molecule has 0 aliphatic rings. The average molecular weight is 694 g/mol. The van der Waals surface area contributed by atoms with Crippen LogP contribution in [-0.2, 0) is 4.79 Å². The number of hydrogen-bond acceptors (Lipinski definition) is 2. The monoisotopic (exact) mass is 691 g/mol. The van der Waals surface area contributed by atoms with Crippen molar-refractivity contribution in [2.24, 2.45) is 0 Å².